The number of aryl methyl sites for hydroxylation is 1. The van der Waals surface area contributed by atoms with Crippen LogP contribution in [0.5, 0.6) is 0 Å². The van der Waals surface area contributed by atoms with Crippen LogP contribution in [0.25, 0.3) is 0 Å². The van der Waals surface area contributed by atoms with Crippen LogP contribution in [0, 0.1) is 6.92 Å². The smallest absolute Gasteiger partial charge is 0.329 e. The van der Waals surface area contributed by atoms with Crippen LogP contribution in [0.1, 0.15) is 36.2 Å². The molecule has 1 unspecified atom stereocenters. The van der Waals surface area contributed by atoms with Gasteiger partial charge in [0.15, 0.2) is 0 Å². The third-order valence-corrected chi connectivity index (χ3v) is 4.22. The van der Waals surface area contributed by atoms with E-state index in [1.165, 1.54) is 0 Å². The minimum absolute atomic E-state index is 0.00561. The second kappa shape index (κ2) is 5.45. The number of hydrogen-bond acceptors (Lipinski definition) is 8. The average Bonchev–Trinajstić information content (AvgIpc) is 3.09. The lowest BCUT2D eigenvalue weighted by Gasteiger charge is -2.03. The zero-order chi connectivity index (χ0) is 14.9. The number of sulfonamides is 1. The zero-order valence-electron chi connectivity index (χ0n) is 11.4. The molecular formula is C11H15N5O4S. The quantitative estimate of drug-likeness (QED) is 0.828. The predicted octanol–water partition coefficient (Wildman–Crippen LogP) is 0.732. The second-order valence-corrected chi connectivity index (χ2v) is 6.61. The second-order valence-electron chi connectivity index (χ2n) is 4.88. The summed E-state index contributed by atoms with van der Waals surface area (Å²) in [6.45, 7) is 2.58. The number of anilines is 1. The van der Waals surface area contributed by atoms with Gasteiger partial charge in [-0.1, -0.05) is 10.3 Å². The van der Waals surface area contributed by atoms with Crippen LogP contribution >= 0.6 is 0 Å². The van der Waals surface area contributed by atoms with Crippen molar-refractivity contribution < 1.29 is 17.4 Å². The maximum atomic E-state index is 12.0. The van der Waals surface area contributed by atoms with Crippen molar-refractivity contribution in [3.05, 3.63) is 23.4 Å². The first-order valence-electron chi connectivity index (χ1n) is 6.51. The highest BCUT2D eigenvalue weighted by Gasteiger charge is 2.24. The molecule has 0 saturated carbocycles. The Kier molecular flexibility index (Phi) is 3.64. The van der Waals surface area contributed by atoms with Crippen molar-refractivity contribution in [3.8, 4) is 0 Å². The van der Waals surface area contributed by atoms with E-state index in [0.29, 0.717) is 17.3 Å². The molecule has 0 amide bonds. The third-order valence-electron chi connectivity index (χ3n) is 3.06. The van der Waals surface area contributed by atoms with Crippen LogP contribution in [-0.4, -0.2) is 30.3 Å². The summed E-state index contributed by atoms with van der Waals surface area (Å²) in [6.07, 6.45) is 1.92. The predicted molar refractivity (Wildman–Crippen MR) is 71.8 cm³/mol. The van der Waals surface area contributed by atoms with Gasteiger partial charge < -0.3 is 14.3 Å². The van der Waals surface area contributed by atoms with Crippen molar-refractivity contribution >= 4 is 16.0 Å². The molecule has 0 bridgehead atoms. The van der Waals surface area contributed by atoms with Crippen molar-refractivity contribution in [2.75, 3.05) is 11.3 Å². The Morgan fingerprint density at radius 2 is 2.33 bits per heavy atom. The highest BCUT2D eigenvalue weighted by molar-refractivity contribution is 7.91. The van der Waals surface area contributed by atoms with Crippen LogP contribution in [0.3, 0.4) is 0 Å². The molecule has 2 aromatic heterocycles. The number of hydrogen-bond donors (Lipinski definition) is 2. The van der Waals surface area contributed by atoms with Crippen molar-refractivity contribution in [2.24, 2.45) is 0 Å². The molecule has 2 aromatic rings. The molecule has 0 aromatic carbocycles. The lowest BCUT2D eigenvalue weighted by atomic mass is 10.2. The molecule has 9 nitrogen and oxygen atoms in total. The van der Waals surface area contributed by atoms with E-state index in [9.17, 15) is 8.42 Å². The normalized spacial score (nSPS) is 19.0. The van der Waals surface area contributed by atoms with Crippen molar-refractivity contribution in [1.82, 2.24) is 20.7 Å². The Hall–Kier alpha value is -1.94. The minimum Gasteiger partial charge on any atom is -0.406 e. The van der Waals surface area contributed by atoms with Gasteiger partial charge in [-0.15, -0.1) is 5.10 Å². The Balaban J connectivity index is 1.67. The van der Waals surface area contributed by atoms with Crippen LogP contribution in [-0.2, 0) is 15.8 Å². The maximum Gasteiger partial charge on any atom is 0.329 e. The molecule has 0 spiro atoms. The molecule has 3 rings (SSSR count). The maximum absolute atomic E-state index is 12.0. The van der Waals surface area contributed by atoms with Crippen LogP contribution in [0.4, 0.5) is 6.01 Å². The van der Waals surface area contributed by atoms with Gasteiger partial charge in [-0.05, 0) is 26.3 Å². The van der Waals surface area contributed by atoms with E-state index in [1.54, 1.807) is 13.0 Å². The molecule has 0 aliphatic carbocycles. The number of nitrogens with zero attached hydrogens (tertiary/aromatic N) is 3. The van der Waals surface area contributed by atoms with Gasteiger partial charge in [0.2, 0.25) is 15.9 Å². The summed E-state index contributed by atoms with van der Waals surface area (Å²) in [7, 11) is -3.67. The van der Waals surface area contributed by atoms with Gasteiger partial charge in [-0.3, -0.25) is 0 Å². The van der Waals surface area contributed by atoms with Gasteiger partial charge in [-0.2, -0.15) is 0 Å². The summed E-state index contributed by atoms with van der Waals surface area (Å²) in [5, 5.41) is 14.4. The Labute approximate surface area is 121 Å². The molecule has 1 saturated heterocycles. The molecule has 0 radical (unpaired) electrons. The highest BCUT2D eigenvalue weighted by Crippen LogP contribution is 2.23. The fourth-order valence-corrected chi connectivity index (χ4v) is 3.11. The van der Waals surface area contributed by atoms with Crippen molar-refractivity contribution in [3.63, 3.8) is 0 Å². The SMILES string of the molecule is Cc1cc(CS(=O)(=O)Nc2nnc(C3CCCN3)o2)no1. The molecular weight excluding hydrogens is 298 g/mol. The molecule has 10 heteroatoms. The summed E-state index contributed by atoms with van der Waals surface area (Å²) in [4.78, 5) is 0. The lowest BCUT2D eigenvalue weighted by molar-refractivity contribution is 0.392. The lowest BCUT2D eigenvalue weighted by Crippen LogP contribution is -2.15. The first-order chi connectivity index (χ1) is 10.0. The summed E-state index contributed by atoms with van der Waals surface area (Å²) in [5.74, 6) is 0.624. The molecule has 1 aliphatic rings. The van der Waals surface area contributed by atoms with Gasteiger partial charge in [0, 0.05) is 6.07 Å². The number of aromatic nitrogens is 3. The van der Waals surface area contributed by atoms with Crippen LogP contribution in [0.15, 0.2) is 15.0 Å². The van der Waals surface area contributed by atoms with E-state index in [0.717, 1.165) is 19.4 Å². The van der Waals surface area contributed by atoms with Crippen molar-refractivity contribution in [2.45, 2.75) is 31.6 Å². The van der Waals surface area contributed by atoms with Gasteiger partial charge >= 0.3 is 6.01 Å². The van der Waals surface area contributed by atoms with Crippen LogP contribution < -0.4 is 10.0 Å². The van der Waals surface area contributed by atoms with Crippen molar-refractivity contribution in [1.29, 1.82) is 0 Å². The van der Waals surface area contributed by atoms with E-state index in [1.807, 2.05) is 0 Å². The van der Waals surface area contributed by atoms with Crippen LogP contribution in [0.2, 0.25) is 0 Å². The van der Waals surface area contributed by atoms with Gasteiger partial charge in [-0.25, -0.2) is 13.1 Å². The monoisotopic (exact) mass is 313 g/mol. The molecule has 21 heavy (non-hydrogen) atoms. The van der Waals surface area contributed by atoms with Gasteiger partial charge in [0.05, 0.1) is 6.04 Å². The summed E-state index contributed by atoms with van der Waals surface area (Å²) < 4.78 is 36.3. The van der Waals surface area contributed by atoms with E-state index < -0.39 is 10.0 Å². The summed E-state index contributed by atoms with van der Waals surface area (Å²) in [6, 6.07) is 1.41. The first-order valence-corrected chi connectivity index (χ1v) is 8.16. The zero-order valence-corrected chi connectivity index (χ0v) is 12.2. The van der Waals surface area contributed by atoms with E-state index in [-0.39, 0.29) is 17.8 Å². The Morgan fingerprint density at radius 3 is 3.00 bits per heavy atom. The third kappa shape index (κ3) is 3.39. The fourth-order valence-electron chi connectivity index (χ4n) is 2.16. The highest BCUT2D eigenvalue weighted by atomic mass is 32.2. The molecule has 114 valence electrons. The molecule has 1 fully saturated rings. The number of rotatable bonds is 5. The first kappa shape index (κ1) is 14.0. The minimum atomic E-state index is -3.67. The molecule has 1 atom stereocenters. The van der Waals surface area contributed by atoms with Gasteiger partial charge in [0.1, 0.15) is 17.2 Å². The standard InChI is InChI=1S/C11H15N5O4S/c1-7-5-8(15-20-7)6-21(17,18)16-11-14-13-10(19-11)9-3-2-4-12-9/h5,9,12H,2-4,6H2,1H3,(H,14,16). The molecule has 3 heterocycles. The fraction of sp³-hybridized carbons (Fsp3) is 0.545. The largest absolute Gasteiger partial charge is 0.406 e. The topological polar surface area (TPSA) is 123 Å². The molecule has 1 aliphatic heterocycles. The Bertz CT molecular complexity index is 717. The average molecular weight is 313 g/mol. The number of nitrogens with one attached hydrogen (secondary N) is 2. The summed E-state index contributed by atoms with van der Waals surface area (Å²) >= 11 is 0. The van der Waals surface area contributed by atoms with E-state index in [4.69, 9.17) is 8.94 Å². The van der Waals surface area contributed by atoms with E-state index >= 15 is 0 Å². The summed E-state index contributed by atoms with van der Waals surface area (Å²) in [5.41, 5.74) is 0.317. The Morgan fingerprint density at radius 1 is 1.48 bits per heavy atom. The molecule has 2 N–H and O–H groups in total. The van der Waals surface area contributed by atoms with E-state index in [2.05, 4.69) is 25.4 Å². The van der Waals surface area contributed by atoms with Gasteiger partial charge in [0.25, 0.3) is 0 Å².